The molecule has 2 aromatic rings. The molecule has 0 spiro atoms. The summed E-state index contributed by atoms with van der Waals surface area (Å²) in [5.41, 5.74) is 0.932. The van der Waals surface area contributed by atoms with E-state index in [1.54, 1.807) is 18.4 Å². The van der Waals surface area contributed by atoms with Gasteiger partial charge in [-0.25, -0.2) is 9.97 Å². The summed E-state index contributed by atoms with van der Waals surface area (Å²) in [5, 5.41) is 5.48. The highest BCUT2D eigenvalue weighted by atomic mass is 32.1. The minimum atomic E-state index is 0.108. The molecule has 0 radical (unpaired) electrons. The average molecular weight is 249 g/mol. The van der Waals surface area contributed by atoms with Gasteiger partial charge in [-0.05, 0) is 18.0 Å². The van der Waals surface area contributed by atoms with Crippen LogP contribution < -0.4 is 10.1 Å². The lowest BCUT2D eigenvalue weighted by Crippen LogP contribution is -2.22. The Kier molecular flexibility index (Phi) is 4.06. The average Bonchev–Trinajstić information content (AvgIpc) is 2.89. The Morgan fingerprint density at radius 2 is 2.35 bits per heavy atom. The van der Waals surface area contributed by atoms with Gasteiger partial charge >= 0.3 is 0 Å². The molecule has 0 aliphatic rings. The molecule has 2 heterocycles. The number of nitrogens with zero attached hydrogens (tertiary/aromatic N) is 2. The summed E-state index contributed by atoms with van der Waals surface area (Å²) >= 11 is 1.72. The Labute approximate surface area is 105 Å². The van der Waals surface area contributed by atoms with E-state index in [-0.39, 0.29) is 6.04 Å². The molecule has 0 aliphatic carbocycles. The third-order valence-corrected chi connectivity index (χ3v) is 3.34. The van der Waals surface area contributed by atoms with Crippen LogP contribution in [0, 0.1) is 0 Å². The van der Waals surface area contributed by atoms with E-state index >= 15 is 0 Å². The van der Waals surface area contributed by atoms with Crippen molar-refractivity contribution in [3.63, 3.8) is 0 Å². The van der Waals surface area contributed by atoms with Crippen molar-refractivity contribution >= 4 is 11.3 Å². The lowest BCUT2D eigenvalue weighted by atomic mass is 10.1. The van der Waals surface area contributed by atoms with Crippen molar-refractivity contribution in [3.8, 4) is 5.88 Å². The van der Waals surface area contributed by atoms with Crippen molar-refractivity contribution in [2.75, 3.05) is 13.7 Å². The molecule has 17 heavy (non-hydrogen) atoms. The van der Waals surface area contributed by atoms with Crippen molar-refractivity contribution < 1.29 is 4.74 Å². The highest BCUT2D eigenvalue weighted by Gasteiger charge is 2.16. The van der Waals surface area contributed by atoms with Crippen LogP contribution in [0.4, 0.5) is 0 Å². The fourth-order valence-corrected chi connectivity index (χ4v) is 2.45. The summed E-state index contributed by atoms with van der Waals surface area (Å²) in [6.45, 7) is 2.97. The highest BCUT2D eigenvalue weighted by Crippen LogP contribution is 2.25. The Morgan fingerprint density at radius 1 is 1.47 bits per heavy atom. The molecule has 0 aliphatic heterocycles. The number of methoxy groups -OCH3 is 1. The Bertz CT molecular complexity index is 459. The number of aromatic nitrogens is 2. The standard InChI is InChI=1S/C12H15N3OS/c1-3-13-12(10-5-4-6-17-10)9-7-11(16-2)15-8-14-9/h4-8,12-13H,3H2,1-2H3. The molecule has 0 bridgehead atoms. The van der Waals surface area contributed by atoms with Gasteiger partial charge < -0.3 is 10.1 Å². The molecular weight excluding hydrogens is 234 g/mol. The molecule has 2 rings (SSSR count). The lowest BCUT2D eigenvalue weighted by molar-refractivity contribution is 0.395. The predicted octanol–water partition coefficient (Wildman–Crippen LogP) is 2.25. The minimum Gasteiger partial charge on any atom is -0.481 e. The van der Waals surface area contributed by atoms with E-state index in [2.05, 4.69) is 33.7 Å². The van der Waals surface area contributed by atoms with Gasteiger partial charge in [0.25, 0.3) is 0 Å². The highest BCUT2D eigenvalue weighted by molar-refractivity contribution is 7.10. The van der Waals surface area contributed by atoms with Gasteiger partial charge in [0.2, 0.25) is 5.88 Å². The van der Waals surface area contributed by atoms with Gasteiger partial charge in [0, 0.05) is 10.9 Å². The number of hydrogen-bond acceptors (Lipinski definition) is 5. The number of hydrogen-bond donors (Lipinski definition) is 1. The van der Waals surface area contributed by atoms with Gasteiger partial charge in [-0.15, -0.1) is 11.3 Å². The molecule has 1 unspecified atom stereocenters. The summed E-state index contributed by atoms with van der Waals surface area (Å²) in [7, 11) is 1.61. The first kappa shape index (κ1) is 12.0. The summed E-state index contributed by atoms with van der Waals surface area (Å²) < 4.78 is 5.13. The first-order chi connectivity index (χ1) is 8.35. The molecule has 0 aromatic carbocycles. The van der Waals surface area contributed by atoms with Gasteiger partial charge in [0.15, 0.2) is 0 Å². The van der Waals surface area contributed by atoms with Crippen molar-refractivity contribution in [2.24, 2.45) is 0 Å². The SMILES string of the molecule is CCNC(c1cc(OC)ncn1)c1cccs1. The molecule has 1 atom stereocenters. The van der Waals surface area contributed by atoms with E-state index in [1.165, 1.54) is 11.2 Å². The summed E-state index contributed by atoms with van der Waals surface area (Å²) in [5.74, 6) is 0.592. The van der Waals surface area contributed by atoms with Crippen LogP contribution in [0.2, 0.25) is 0 Å². The quantitative estimate of drug-likeness (QED) is 0.883. The fourth-order valence-electron chi connectivity index (χ4n) is 1.63. The second-order valence-corrected chi connectivity index (χ2v) is 4.47. The van der Waals surface area contributed by atoms with Crippen LogP contribution in [0.5, 0.6) is 5.88 Å². The zero-order valence-corrected chi connectivity index (χ0v) is 10.7. The zero-order valence-electron chi connectivity index (χ0n) is 9.88. The maximum absolute atomic E-state index is 5.13. The van der Waals surface area contributed by atoms with E-state index in [9.17, 15) is 0 Å². The van der Waals surface area contributed by atoms with Crippen LogP contribution in [0.3, 0.4) is 0 Å². The van der Waals surface area contributed by atoms with E-state index < -0.39 is 0 Å². The van der Waals surface area contributed by atoms with Gasteiger partial charge in [0.1, 0.15) is 6.33 Å². The van der Waals surface area contributed by atoms with Gasteiger partial charge in [-0.3, -0.25) is 0 Å². The van der Waals surface area contributed by atoms with Crippen LogP contribution in [0.15, 0.2) is 29.9 Å². The molecule has 0 saturated heterocycles. The van der Waals surface area contributed by atoms with Crippen molar-refractivity contribution in [3.05, 3.63) is 40.5 Å². The van der Waals surface area contributed by atoms with Crippen LogP contribution >= 0.6 is 11.3 Å². The van der Waals surface area contributed by atoms with E-state index in [0.717, 1.165) is 12.2 Å². The summed E-state index contributed by atoms with van der Waals surface area (Å²) in [4.78, 5) is 9.58. The fraction of sp³-hybridized carbons (Fsp3) is 0.333. The molecule has 1 N–H and O–H groups in total. The van der Waals surface area contributed by atoms with Gasteiger partial charge in [0.05, 0.1) is 18.8 Å². The Hall–Kier alpha value is -1.46. The lowest BCUT2D eigenvalue weighted by Gasteiger charge is -2.15. The van der Waals surface area contributed by atoms with E-state index in [1.807, 2.05) is 12.1 Å². The Morgan fingerprint density at radius 3 is 3.00 bits per heavy atom. The summed E-state index contributed by atoms with van der Waals surface area (Å²) in [6.07, 6.45) is 1.53. The molecule has 2 aromatic heterocycles. The van der Waals surface area contributed by atoms with Gasteiger partial charge in [-0.1, -0.05) is 13.0 Å². The molecule has 0 fully saturated rings. The normalized spacial score (nSPS) is 12.4. The third kappa shape index (κ3) is 2.81. The number of ether oxygens (including phenoxy) is 1. The molecule has 5 heteroatoms. The topological polar surface area (TPSA) is 47.0 Å². The summed E-state index contributed by atoms with van der Waals surface area (Å²) in [6, 6.07) is 6.12. The maximum atomic E-state index is 5.13. The first-order valence-electron chi connectivity index (χ1n) is 5.48. The van der Waals surface area contributed by atoms with E-state index in [4.69, 9.17) is 4.74 Å². The smallest absolute Gasteiger partial charge is 0.216 e. The number of rotatable bonds is 5. The van der Waals surface area contributed by atoms with Crippen LogP contribution in [-0.2, 0) is 0 Å². The van der Waals surface area contributed by atoms with Crippen molar-refractivity contribution in [2.45, 2.75) is 13.0 Å². The van der Waals surface area contributed by atoms with Crippen LogP contribution in [0.25, 0.3) is 0 Å². The molecular formula is C12H15N3OS. The zero-order chi connectivity index (χ0) is 12.1. The predicted molar refractivity (Wildman–Crippen MR) is 68.4 cm³/mol. The number of nitrogens with one attached hydrogen (secondary N) is 1. The number of thiophene rings is 1. The minimum absolute atomic E-state index is 0.108. The van der Waals surface area contributed by atoms with Crippen LogP contribution in [0.1, 0.15) is 23.5 Å². The van der Waals surface area contributed by atoms with Crippen molar-refractivity contribution in [1.29, 1.82) is 0 Å². The monoisotopic (exact) mass is 249 g/mol. The second-order valence-electron chi connectivity index (χ2n) is 3.49. The molecule has 0 amide bonds. The molecule has 0 saturated carbocycles. The van der Waals surface area contributed by atoms with E-state index in [0.29, 0.717) is 5.88 Å². The van der Waals surface area contributed by atoms with Crippen molar-refractivity contribution in [1.82, 2.24) is 15.3 Å². The molecule has 4 nitrogen and oxygen atoms in total. The first-order valence-corrected chi connectivity index (χ1v) is 6.35. The maximum Gasteiger partial charge on any atom is 0.216 e. The van der Waals surface area contributed by atoms with Crippen LogP contribution in [-0.4, -0.2) is 23.6 Å². The Balaban J connectivity index is 2.32. The van der Waals surface area contributed by atoms with Gasteiger partial charge in [-0.2, -0.15) is 0 Å². The largest absolute Gasteiger partial charge is 0.481 e. The second kappa shape index (κ2) is 5.75. The molecule has 90 valence electrons. The third-order valence-electron chi connectivity index (χ3n) is 2.40.